The Morgan fingerprint density at radius 1 is 1.20 bits per heavy atom. The van der Waals surface area contributed by atoms with Crippen molar-refractivity contribution in [2.45, 2.75) is 19.8 Å². The summed E-state index contributed by atoms with van der Waals surface area (Å²) in [5.41, 5.74) is -0.295. The van der Waals surface area contributed by atoms with E-state index in [9.17, 15) is 18.4 Å². The number of hydrogen-bond donors (Lipinski definition) is 0. The molecule has 0 radical (unpaired) electrons. The van der Waals surface area contributed by atoms with Gasteiger partial charge in [0, 0.05) is 12.8 Å². The van der Waals surface area contributed by atoms with Gasteiger partial charge in [-0.2, -0.15) is 0 Å². The molecule has 0 aromatic heterocycles. The van der Waals surface area contributed by atoms with E-state index in [4.69, 9.17) is 0 Å². The van der Waals surface area contributed by atoms with Crippen LogP contribution in [0.2, 0.25) is 0 Å². The summed E-state index contributed by atoms with van der Waals surface area (Å²) in [7, 11) is 0. The molecule has 0 aliphatic rings. The molecule has 15 heavy (non-hydrogen) atoms. The van der Waals surface area contributed by atoms with E-state index in [-0.39, 0.29) is 24.2 Å². The molecule has 1 rings (SSSR count). The summed E-state index contributed by atoms with van der Waals surface area (Å²) in [6.45, 7) is 1.34. The molecular weight excluding hydrogens is 202 g/mol. The van der Waals surface area contributed by atoms with Crippen LogP contribution in [0.4, 0.5) is 8.78 Å². The van der Waals surface area contributed by atoms with Crippen LogP contribution in [0.3, 0.4) is 0 Å². The highest BCUT2D eigenvalue weighted by Crippen LogP contribution is 2.14. The van der Waals surface area contributed by atoms with Gasteiger partial charge in [-0.25, -0.2) is 8.78 Å². The molecule has 2 nitrogen and oxygen atoms in total. The highest BCUT2D eigenvalue weighted by Gasteiger charge is 2.14. The standard InChI is InChI=1S/C11H10F2O2/c1-7(14)5-6-10(15)8-3-2-4-9(12)11(8)13/h2-4H,5-6H2,1H3. The minimum atomic E-state index is -1.15. The third-order valence-electron chi connectivity index (χ3n) is 1.96. The molecule has 0 aliphatic carbocycles. The smallest absolute Gasteiger partial charge is 0.169 e. The first-order valence-electron chi connectivity index (χ1n) is 4.49. The fourth-order valence-electron chi connectivity index (χ4n) is 1.14. The molecule has 4 heteroatoms. The van der Waals surface area contributed by atoms with Crippen molar-refractivity contribution in [2.75, 3.05) is 0 Å². The number of hydrogen-bond acceptors (Lipinski definition) is 2. The summed E-state index contributed by atoms with van der Waals surface area (Å²) >= 11 is 0. The van der Waals surface area contributed by atoms with Crippen LogP contribution in [0.5, 0.6) is 0 Å². The summed E-state index contributed by atoms with van der Waals surface area (Å²) in [4.78, 5) is 22.0. The lowest BCUT2D eigenvalue weighted by molar-refractivity contribution is -0.116. The summed E-state index contributed by atoms with van der Waals surface area (Å²) < 4.78 is 25.8. The van der Waals surface area contributed by atoms with Crippen LogP contribution in [0, 0.1) is 11.6 Å². The molecule has 0 fully saturated rings. The number of halogens is 2. The number of ketones is 2. The lowest BCUT2D eigenvalue weighted by atomic mass is 10.0. The van der Waals surface area contributed by atoms with Crippen LogP contribution in [0.1, 0.15) is 30.1 Å². The van der Waals surface area contributed by atoms with Gasteiger partial charge in [0.1, 0.15) is 5.78 Å². The third-order valence-corrected chi connectivity index (χ3v) is 1.96. The first-order chi connectivity index (χ1) is 7.02. The van der Waals surface area contributed by atoms with Crippen molar-refractivity contribution in [1.82, 2.24) is 0 Å². The van der Waals surface area contributed by atoms with Crippen LogP contribution in [0.15, 0.2) is 18.2 Å². The molecule has 1 aromatic carbocycles. The Morgan fingerprint density at radius 3 is 2.47 bits per heavy atom. The molecule has 0 unspecified atom stereocenters. The third kappa shape index (κ3) is 2.94. The summed E-state index contributed by atoms with van der Waals surface area (Å²) in [6.07, 6.45) is -0.0372. The fourth-order valence-corrected chi connectivity index (χ4v) is 1.14. The molecule has 0 spiro atoms. The summed E-state index contributed by atoms with van der Waals surface area (Å²) in [5, 5.41) is 0. The summed E-state index contributed by atoms with van der Waals surface area (Å²) in [5.74, 6) is -2.91. The molecule has 0 N–H and O–H groups in total. The van der Waals surface area contributed by atoms with Gasteiger partial charge in [-0.3, -0.25) is 4.79 Å². The maximum absolute atomic E-state index is 13.1. The Kier molecular flexibility index (Phi) is 3.66. The molecule has 0 atom stereocenters. The van der Waals surface area contributed by atoms with Crippen molar-refractivity contribution < 1.29 is 18.4 Å². The Morgan fingerprint density at radius 2 is 1.87 bits per heavy atom. The van der Waals surface area contributed by atoms with E-state index in [2.05, 4.69) is 0 Å². The van der Waals surface area contributed by atoms with Crippen molar-refractivity contribution in [2.24, 2.45) is 0 Å². The van der Waals surface area contributed by atoms with E-state index >= 15 is 0 Å². The second-order valence-corrected chi connectivity index (χ2v) is 3.23. The van der Waals surface area contributed by atoms with Gasteiger partial charge < -0.3 is 4.79 Å². The highest BCUT2D eigenvalue weighted by atomic mass is 19.2. The van der Waals surface area contributed by atoms with Crippen molar-refractivity contribution in [1.29, 1.82) is 0 Å². The number of Topliss-reactive ketones (excluding diaryl/α,β-unsaturated/α-hetero) is 2. The fraction of sp³-hybridized carbons (Fsp3) is 0.273. The summed E-state index contributed by atoms with van der Waals surface area (Å²) in [6, 6.07) is 3.41. The van der Waals surface area contributed by atoms with Crippen LogP contribution >= 0.6 is 0 Å². The molecule has 0 heterocycles. The zero-order valence-electron chi connectivity index (χ0n) is 8.22. The zero-order valence-corrected chi connectivity index (χ0v) is 8.22. The van der Waals surface area contributed by atoms with Gasteiger partial charge in [-0.05, 0) is 19.1 Å². The lowest BCUT2D eigenvalue weighted by Crippen LogP contribution is -2.06. The second kappa shape index (κ2) is 4.77. The van der Waals surface area contributed by atoms with Gasteiger partial charge in [-0.15, -0.1) is 0 Å². The number of benzene rings is 1. The number of rotatable bonds is 4. The van der Waals surface area contributed by atoms with Crippen LogP contribution in [0.25, 0.3) is 0 Å². The van der Waals surface area contributed by atoms with E-state index in [1.54, 1.807) is 0 Å². The second-order valence-electron chi connectivity index (χ2n) is 3.23. The first-order valence-corrected chi connectivity index (χ1v) is 4.49. The average Bonchev–Trinajstić information content (AvgIpc) is 2.18. The normalized spacial score (nSPS) is 10.1. The zero-order chi connectivity index (χ0) is 11.4. The topological polar surface area (TPSA) is 34.1 Å². The first kappa shape index (κ1) is 11.5. The minimum absolute atomic E-state index is 0.0504. The maximum Gasteiger partial charge on any atom is 0.169 e. The SMILES string of the molecule is CC(=O)CCC(=O)c1cccc(F)c1F. The van der Waals surface area contributed by atoms with E-state index in [1.165, 1.54) is 19.1 Å². The molecule has 1 aromatic rings. The van der Waals surface area contributed by atoms with Gasteiger partial charge in [-0.1, -0.05) is 6.07 Å². The minimum Gasteiger partial charge on any atom is -0.300 e. The maximum atomic E-state index is 13.1. The predicted molar refractivity (Wildman–Crippen MR) is 50.6 cm³/mol. The molecule has 80 valence electrons. The largest absolute Gasteiger partial charge is 0.300 e. The average molecular weight is 212 g/mol. The van der Waals surface area contributed by atoms with Gasteiger partial charge in [0.15, 0.2) is 17.4 Å². The molecule has 0 saturated heterocycles. The monoisotopic (exact) mass is 212 g/mol. The van der Waals surface area contributed by atoms with Crippen LogP contribution in [-0.2, 0) is 4.79 Å². The van der Waals surface area contributed by atoms with Crippen LogP contribution in [-0.4, -0.2) is 11.6 Å². The van der Waals surface area contributed by atoms with Crippen molar-refractivity contribution >= 4 is 11.6 Å². The van der Waals surface area contributed by atoms with Crippen molar-refractivity contribution in [3.8, 4) is 0 Å². The Hall–Kier alpha value is -1.58. The van der Waals surface area contributed by atoms with E-state index in [0.717, 1.165) is 6.07 Å². The van der Waals surface area contributed by atoms with Crippen LogP contribution < -0.4 is 0 Å². The Bertz CT molecular complexity index is 400. The van der Waals surface area contributed by atoms with E-state index in [1.807, 2.05) is 0 Å². The van der Waals surface area contributed by atoms with Gasteiger partial charge in [0.05, 0.1) is 5.56 Å². The van der Waals surface area contributed by atoms with E-state index in [0.29, 0.717) is 0 Å². The molecular formula is C11H10F2O2. The quantitative estimate of drug-likeness (QED) is 0.718. The van der Waals surface area contributed by atoms with Gasteiger partial charge >= 0.3 is 0 Å². The number of carbonyl (C=O) groups is 2. The Balaban J connectivity index is 2.82. The lowest BCUT2D eigenvalue weighted by Gasteiger charge is -2.01. The molecule has 0 aliphatic heterocycles. The van der Waals surface area contributed by atoms with Crippen molar-refractivity contribution in [3.63, 3.8) is 0 Å². The number of carbonyl (C=O) groups excluding carboxylic acids is 2. The van der Waals surface area contributed by atoms with Crippen molar-refractivity contribution in [3.05, 3.63) is 35.4 Å². The van der Waals surface area contributed by atoms with Gasteiger partial charge in [0.2, 0.25) is 0 Å². The Labute approximate surface area is 85.9 Å². The van der Waals surface area contributed by atoms with Gasteiger partial charge in [0.25, 0.3) is 0 Å². The molecule has 0 bridgehead atoms. The molecule has 0 saturated carbocycles. The molecule has 0 amide bonds. The van der Waals surface area contributed by atoms with E-state index < -0.39 is 17.4 Å². The predicted octanol–water partition coefficient (Wildman–Crippen LogP) is 2.52. The highest BCUT2D eigenvalue weighted by molar-refractivity contribution is 5.98.